The number of hydrogen-bond acceptors (Lipinski definition) is 4. The quantitative estimate of drug-likeness (QED) is 0.825. The number of aromatic nitrogens is 1. The predicted octanol–water partition coefficient (Wildman–Crippen LogP) is 1.23. The molecule has 0 bridgehead atoms. The molecule has 4 nitrogen and oxygen atoms in total. The predicted molar refractivity (Wildman–Crippen MR) is 65.6 cm³/mol. The summed E-state index contributed by atoms with van der Waals surface area (Å²) in [5, 5.41) is 12.2. The van der Waals surface area contributed by atoms with Crippen molar-refractivity contribution >= 4 is 5.69 Å². The van der Waals surface area contributed by atoms with Crippen LogP contribution >= 0.6 is 0 Å². The summed E-state index contributed by atoms with van der Waals surface area (Å²) in [6, 6.07) is 4.18. The first-order chi connectivity index (χ1) is 7.60. The van der Waals surface area contributed by atoms with Crippen LogP contribution < -0.4 is 10.2 Å². The molecule has 86 valence electrons. The SMILES string of the molecule is CNCCN(C)c1cc(C)nc(C)c1C#N. The first-order valence-electron chi connectivity index (χ1n) is 5.34. The fraction of sp³-hybridized carbons (Fsp3) is 0.500. The third-order valence-corrected chi connectivity index (χ3v) is 2.53. The molecular weight excluding hydrogens is 200 g/mol. The Bertz CT molecular complexity index is 406. The Morgan fingerprint density at radius 3 is 2.75 bits per heavy atom. The van der Waals surface area contributed by atoms with Crippen LogP contribution in [0.1, 0.15) is 17.0 Å². The van der Waals surface area contributed by atoms with Gasteiger partial charge in [-0.3, -0.25) is 4.98 Å². The highest BCUT2D eigenvalue weighted by atomic mass is 15.1. The van der Waals surface area contributed by atoms with Crippen LogP contribution in [0.5, 0.6) is 0 Å². The molecule has 0 saturated carbocycles. The summed E-state index contributed by atoms with van der Waals surface area (Å²) >= 11 is 0. The van der Waals surface area contributed by atoms with Gasteiger partial charge in [0.2, 0.25) is 0 Å². The van der Waals surface area contributed by atoms with Crippen molar-refractivity contribution in [3.8, 4) is 6.07 Å². The first kappa shape index (κ1) is 12.5. The number of nitrogens with zero attached hydrogens (tertiary/aromatic N) is 3. The lowest BCUT2D eigenvalue weighted by Crippen LogP contribution is -2.28. The summed E-state index contributed by atoms with van der Waals surface area (Å²) in [5.41, 5.74) is 3.38. The molecule has 16 heavy (non-hydrogen) atoms. The van der Waals surface area contributed by atoms with Gasteiger partial charge >= 0.3 is 0 Å². The molecule has 0 saturated heterocycles. The zero-order valence-electron chi connectivity index (χ0n) is 10.3. The molecule has 1 heterocycles. The summed E-state index contributed by atoms with van der Waals surface area (Å²) in [6.07, 6.45) is 0. The van der Waals surface area contributed by atoms with E-state index in [0.29, 0.717) is 5.56 Å². The third-order valence-electron chi connectivity index (χ3n) is 2.53. The number of pyridine rings is 1. The van der Waals surface area contributed by atoms with E-state index in [-0.39, 0.29) is 0 Å². The van der Waals surface area contributed by atoms with Gasteiger partial charge in [0.15, 0.2) is 0 Å². The molecule has 1 rings (SSSR count). The Balaban J connectivity index is 3.07. The van der Waals surface area contributed by atoms with Gasteiger partial charge in [-0.05, 0) is 27.0 Å². The lowest BCUT2D eigenvalue weighted by molar-refractivity contribution is 0.766. The van der Waals surface area contributed by atoms with Crippen LogP contribution in [0.4, 0.5) is 5.69 Å². The molecule has 0 aromatic carbocycles. The highest BCUT2D eigenvalue weighted by molar-refractivity contribution is 5.61. The van der Waals surface area contributed by atoms with Crippen molar-refractivity contribution in [3.63, 3.8) is 0 Å². The number of hydrogen-bond donors (Lipinski definition) is 1. The average Bonchev–Trinajstić information content (AvgIpc) is 2.24. The van der Waals surface area contributed by atoms with E-state index in [1.165, 1.54) is 0 Å². The molecule has 0 aliphatic heterocycles. The molecule has 1 N–H and O–H groups in total. The van der Waals surface area contributed by atoms with E-state index in [0.717, 1.165) is 30.2 Å². The molecule has 0 aliphatic rings. The molecule has 0 spiro atoms. The molecule has 0 amide bonds. The van der Waals surface area contributed by atoms with Crippen molar-refractivity contribution in [1.29, 1.82) is 5.26 Å². The number of anilines is 1. The molecule has 0 atom stereocenters. The van der Waals surface area contributed by atoms with Gasteiger partial charge in [-0.2, -0.15) is 5.26 Å². The molecule has 1 aromatic rings. The largest absolute Gasteiger partial charge is 0.372 e. The van der Waals surface area contributed by atoms with Gasteiger partial charge in [0.05, 0.1) is 16.9 Å². The Hall–Kier alpha value is -1.60. The number of nitrogens with one attached hydrogen (secondary N) is 1. The highest BCUT2D eigenvalue weighted by Crippen LogP contribution is 2.21. The van der Waals surface area contributed by atoms with Crippen LogP contribution in [0.3, 0.4) is 0 Å². The van der Waals surface area contributed by atoms with E-state index < -0.39 is 0 Å². The van der Waals surface area contributed by atoms with Gasteiger partial charge < -0.3 is 10.2 Å². The zero-order chi connectivity index (χ0) is 12.1. The van der Waals surface area contributed by atoms with Gasteiger partial charge in [-0.25, -0.2) is 0 Å². The summed E-state index contributed by atoms with van der Waals surface area (Å²) in [5.74, 6) is 0. The van der Waals surface area contributed by atoms with Crippen molar-refractivity contribution in [3.05, 3.63) is 23.0 Å². The number of likely N-dealkylation sites (N-methyl/N-ethyl adjacent to an activating group) is 2. The Morgan fingerprint density at radius 2 is 2.19 bits per heavy atom. The van der Waals surface area contributed by atoms with Crippen molar-refractivity contribution in [2.45, 2.75) is 13.8 Å². The maximum atomic E-state index is 9.13. The van der Waals surface area contributed by atoms with Crippen molar-refractivity contribution in [1.82, 2.24) is 10.3 Å². The Labute approximate surface area is 96.9 Å². The zero-order valence-corrected chi connectivity index (χ0v) is 10.3. The number of aryl methyl sites for hydroxylation is 2. The lowest BCUT2D eigenvalue weighted by atomic mass is 10.1. The summed E-state index contributed by atoms with van der Waals surface area (Å²) in [7, 11) is 3.91. The van der Waals surface area contributed by atoms with Gasteiger partial charge in [-0.15, -0.1) is 0 Å². The van der Waals surface area contributed by atoms with E-state index in [1.54, 1.807) is 0 Å². The van der Waals surface area contributed by atoms with Crippen molar-refractivity contribution in [2.75, 3.05) is 32.1 Å². The maximum Gasteiger partial charge on any atom is 0.103 e. The smallest absolute Gasteiger partial charge is 0.103 e. The van der Waals surface area contributed by atoms with Gasteiger partial charge in [-0.1, -0.05) is 0 Å². The number of rotatable bonds is 4. The van der Waals surface area contributed by atoms with Crippen LogP contribution in [0.25, 0.3) is 0 Å². The van der Waals surface area contributed by atoms with Crippen molar-refractivity contribution < 1.29 is 0 Å². The summed E-state index contributed by atoms with van der Waals surface area (Å²) in [4.78, 5) is 6.38. The second-order valence-electron chi connectivity index (χ2n) is 3.88. The molecule has 0 unspecified atom stereocenters. The minimum absolute atomic E-state index is 0.671. The average molecular weight is 218 g/mol. The van der Waals surface area contributed by atoms with Crippen LogP contribution in [-0.2, 0) is 0 Å². The second-order valence-corrected chi connectivity index (χ2v) is 3.88. The normalized spacial score (nSPS) is 9.94. The van der Waals surface area contributed by atoms with Crippen LogP contribution in [0.2, 0.25) is 0 Å². The van der Waals surface area contributed by atoms with Crippen LogP contribution in [0.15, 0.2) is 6.07 Å². The molecule has 4 heteroatoms. The first-order valence-corrected chi connectivity index (χ1v) is 5.34. The standard InChI is InChI=1S/C12H18N4/c1-9-7-12(16(4)6-5-14-3)11(8-13)10(2)15-9/h7,14H,5-6H2,1-4H3. The summed E-state index contributed by atoms with van der Waals surface area (Å²) < 4.78 is 0. The molecule has 0 radical (unpaired) electrons. The second kappa shape index (κ2) is 5.47. The fourth-order valence-corrected chi connectivity index (χ4v) is 1.65. The fourth-order valence-electron chi connectivity index (χ4n) is 1.65. The topological polar surface area (TPSA) is 52.0 Å². The number of nitriles is 1. The Kier molecular flexibility index (Phi) is 4.27. The molecule has 0 fully saturated rings. The van der Waals surface area contributed by atoms with Crippen molar-refractivity contribution in [2.24, 2.45) is 0 Å². The Morgan fingerprint density at radius 1 is 1.50 bits per heavy atom. The van der Waals surface area contributed by atoms with E-state index >= 15 is 0 Å². The molecule has 1 aromatic heterocycles. The molecule has 0 aliphatic carbocycles. The van der Waals surface area contributed by atoms with Gasteiger partial charge in [0.25, 0.3) is 0 Å². The van der Waals surface area contributed by atoms with E-state index in [4.69, 9.17) is 5.26 Å². The van der Waals surface area contributed by atoms with E-state index in [2.05, 4.69) is 21.3 Å². The van der Waals surface area contributed by atoms with Crippen LogP contribution in [-0.4, -0.2) is 32.2 Å². The monoisotopic (exact) mass is 218 g/mol. The van der Waals surface area contributed by atoms with Crippen LogP contribution in [0, 0.1) is 25.2 Å². The van der Waals surface area contributed by atoms with Gasteiger partial charge in [0.1, 0.15) is 6.07 Å². The summed E-state index contributed by atoms with van der Waals surface area (Å²) in [6.45, 7) is 5.58. The highest BCUT2D eigenvalue weighted by Gasteiger charge is 2.11. The van der Waals surface area contributed by atoms with Gasteiger partial charge in [0, 0.05) is 25.8 Å². The molecular formula is C12H18N4. The minimum atomic E-state index is 0.671. The lowest BCUT2D eigenvalue weighted by Gasteiger charge is -2.21. The van der Waals surface area contributed by atoms with E-state index in [1.807, 2.05) is 34.0 Å². The minimum Gasteiger partial charge on any atom is -0.372 e. The third kappa shape index (κ3) is 2.71. The van der Waals surface area contributed by atoms with E-state index in [9.17, 15) is 0 Å². The maximum absolute atomic E-state index is 9.13.